The summed E-state index contributed by atoms with van der Waals surface area (Å²) in [7, 11) is 1.62. The second-order valence-corrected chi connectivity index (χ2v) is 4.75. The molecule has 1 aromatic heterocycles. The van der Waals surface area contributed by atoms with E-state index in [2.05, 4.69) is 20.8 Å². The first-order chi connectivity index (χ1) is 9.01. The highest BCUT2D eigenvalue weighted by Gasteiger charge is 2.17. The van der Waals surface area contributed by atoms with Crippen LogP contribution in [0.5, 0.6) is 0 Å². The van der Waals surface area contributed by atoms with E-state index >= 15 is 0 Å². The number of aromatic nitrogens is 2. The van der Waals surface area contributed by atoms with E-state index in [4.69, 9.17) is 11.6 Å². The Morgan fingerprint density at radius 2 is 2.11 bits per heavy atom. The number of nitrogens with one attached hydrogen (secondary N) is 2. The smallest absolute Gasteiger partial charge is 0.286 e. The van der Waals surface area contributed by atoms with Crippen LogP contribution >= 0.6 is 22.9 Å². The number of rotatable bonds is 3. The minimum Gasteiger partial charge on any atom is -0.363 e. The lowest BCUT2D eigenvalue weighted by Crippen LogP contribution is -2.13. The molecule has 0 saturated carbocycles. The van der Waals surface area contributed by atoms with Crippen LogP contribution in [0.1, 0.15) is 9.80 Å². The molecule has 2 N–H and O–H groups in total. The number of anilines is 2. The summed E-state index contributed by atoms with van der Waals surface area (Å²) in [5, 5.41) is 12.5. The van der Waals surface area contributed by atoms with Crippen molar-refractivity contribution in [2.75, 3.05) is 17.7 Å². The fourth-order valence-corrected chi connectivity index (χ4v) is 2.08. The molecule has 1 heterocycles. The van der Waals surface area contributed by atoms with Crippen LogP contribution in [0.4, 0.5) is 19.6 Å². The Kier molecular flexibility index (Phi) is 3.91. The van der Waals surface area contributed by atoms with Gasteiger partial charge in [-0.15, -0.1) is 10.2 Å². The third-order valence-corrected chi connectivity index (χ3v) is 3.32. The Morgan fingerprint density at radius 1 is 1.37 bits per heavy atom. The molecule has 0 unspecified atom stereocenters. The number of carbonyl (C=O) groups is 1. The Hall–Kier alpha value is -1.80. The van der Waals surface area contributed by atoms with Crippen LogP contribution < -0.4 is 10.6 Å². The zero-order valence-electron chi connectivity index (χ0n) is 9.50. The third kappa shape index (κ3) is 2.96. The fourth-order valence-electron chi connectivity index (χ4n) is 1.24. The van der Waals surface area contributed by atoms with Crippen LogP contribution in [-0.4, -0.2) is 23.2 Å². The second-order valence-electron chi connectivity index (χ2n) is 3.36. The van der Waals surface area contributed by atoms with Crippen LogP contribution in [0.2, 0.25) is 5.02 Å². The summed E-state index contributed by atoms with van der Waals surface area (Å²) in [5.41, 5.74) is -0.297. The van der Waals surface area contributed by atoms with Crippen molar-refractivity contribution in [3.63, 3.8) is 0 Å². The Balaban J connectivity index is 2.24. The van der Waals surface area contributed by atoms with Crippen molar-refractivity contribution >= 4 is 39.7 Å². The van der Waals surface area contributed by atoms with Gasteiger partial charge in [-0.2, -0.15) is 0 Å². The van der Waals surface area contributed by atoms with Crippen LogP contribution in [-0.2, 0) is 0 Å². The van der Waals surface area contributed by atoms with Crippen LogP contribution in [0.25, 0.3) is 0 Å². The van der Waals surface area contributed by atoms with E-state index in [-0.39, 0.29) is 15.7 Å². The predicted octanol–water partition coefficient (Wildman–Crippen LogP) is 2.76. The zero-order chi connectivity index (χ0) is 14.0. The summed E-state index contributed by atoms with van der Waals surface area (Å²) in [6, 6.07) is 1.53. The minimum atomic E-state index is -0.961. The predicted molar refractivity (Wildman–Crippen MR) is 68.8 cm³/mol. The second kappa shape index (κ2) is 5.45. The molecule has 0 atom stereocenters. The van der Waals surface area contributed by atoms with Crippen molar-refractivity contribution in [2.45, 2.75) is 0 Å². The first-order valence-electron chi connectivity index (χ1n) is 4.98. The molecule has 2 rings (SSSR count). The van der Waals surface area contributed by atoms with Crippen LogP contribution in [0, 0.1) is 11.6 Å². The molecule has 0 bridgehead atoms. The topological polar surface area (TPSA) is 66.9 Å². The van der Waals surface area contributed by atoms with E-state index in [1.165, 1.54) is 0 Å². The van der Waals surface area contributed by atoms with Crippen molar-refractivity contribution < 1.29 is 13.6 Å². The highest BCUT2D eigenvalue weighted by Crippen LogP contribution is 2.27. The first-order valence-corrected chi connectivity index (χ1v) is 6.18. The Morgan fingerprint density at radius 3 is 2.68 bits per heavy atom. The lowest BCUT2D eigenvalue weighted by Gasteiger charge is -2.06. The molecule has 9 heteroatoms. The number of hydrogen-bond donors (Lipinski definition) is 2. The Labute approximate surface area is 115 Å². The molecule has 0 spiro atoms. The zero-order valence-corrected chi connectivity index (χ0v) is 11.1. The van der Waals surface area contributed by atoms with Crippen molar-refractivity contribution in [2.24, 2.45) is 0 Å². The molecule has 0 fully saturated rings. The standard InChI is InChI=1S/C10H7ClF2N4OS/c1-14-10-17-16-9(19-10)8(18)15-7-5(11)2-4(12)3-6(7)13/h2-3H,1H3,(H,14,17)(H,15,18). The monoisotopic (exact) mass is 304 g/mol. The summed E-state index contributed by atoms with van der Waals surface area (Å²) in [5.74, 6) is -2.46. The van der Waals surface area contributed by atoms with Gasteiger partial charge in [0, 0.05) is 13.1 Å². The average molecular weight is 305 g/mol. The molecular weight excluding hydrogens is 298 g/mol. The van der Waals surface area contributed by atoms with E-state index in [1.807, 2.05) is 0 Å². The third-order valence-electron chi connectivity index (χ3n) is 2.08. The SMILES string of the molecule is CNc1nnc(C(=O)Nc2c(F)cc(F)cc2Cl)s1. The van der Waals surface area contributed by atoms with E-state index in [0.29, 0.717) is 11.2 Å². The maximum Gasteiger partial charge on any atom is 0.286 e. The molecule has 2 aromatic rings. The summed E-state index contributed by atoms with van der Waals surface area (Å²) < 4.78 is 26.3. The van der Waals surface area contributed by atoms with Gasteiger partial charge in [0.15, 0.2) is 5.82 Å². The lowest BCUT2D eigenvalue weighted by molar-refractivity contribution is 0.102. The van der Waals surface area contributed by atoms with E-state index in [9.17, 15) is 13.6 Å². The summed E-state index contributed by atoms with van der Waals surface area (Å²) >= 11 is 6.65. The maximum atomic E-state index is 13.5. The van der Waals surface area contributed by atoms with Crippen molar-refractivity contribution in [3.05, 3.63) is 33.8 Å². The molecule has 1 aromatic carbocycles. The van der Waals surface area contributed by atoms with Gasteiger partial charge >= 0.3 is 0 Å². The van der Waals surface area contributed by atoms with Gasteiger partial charge in [-0.3, -0.25) is 4.79 Å². The molecule has 100 valence electrons. The van der Waals surface area contributed by atoms with E-state index in [0.717, 1.165) is 17.4 Å². The van der Waals surface area contributed by atoms with Crippen molar-refractivity contribution in [1.29, 1.82) is 0 Å². The quantitative estimate of drug-likeness (QED) is 0.915. The molecule has 0 radical (unpaired) electrons. The fraction of sp³-hybridized carbons (Fsp3) is 0.100. The molecule has 5 nitrogen and oxygen atoms in total. The number of carbonyl (C=O) groups excluding carboxylic acids is 1. The van der Waals surface area contributed by atoms with Gasteiger partial charge in [0.1, 0.15) is 5.82 Å². The van der Waals surface area contributed by atoms with Gasteiger partial charge in [-0.05, 0) is 6.07 Å². The largest absolute Gasteiger partial charge is 0.363 e. The van der Waals surface area contributed by atoms with E-state index < -0.39 is 17.5 Å². The molecule has 0 aliphatic heterocycles. The van der Waals surface area contributed by atoms with Crippen LogP contribution in [0.15, 0.2) is 12.1 Å². The van der Waals surface area contributed by atoms with Crippen molar-refractivity contribution in [3.8, 4) is 0 Å². The van der Waals surface area contributed by atoms with Gasteiger partial charge < -0.3 is 10.6 Å². The number of nitrogens with zero attached hydrogens (tertiary/aromatic N) is 2. The minimum absolute atomic E-state index is 0.0316. The van der Waals surface area contributed by atoms with E-state index in [1.54, 1.807) is 7.05 Å². The highest BCUT2D eigenvalue weighted by atomic mass is 35.5. The number of benzene rings is 1. The first kappa shape index (κ1) is 13.6. The van der Waals surface area contributed by atoms with Crippen LogP contribution in [0.3, 0.4) is 0 Å². The maximum absolute atomic E-state index is 13.5. The van der Waals surface area contributed by atoms with Gasteiger partial charge in [0.05, 0.1) is 10.7 Å². The summed E-state index contributed by atoms with van der Waals surface area (Å²) in [6.07, 6.45) is 0. The number of hydrogen-bond acceptors (Lipinski definition) is 5. The average Bonchev–Trinajstić information content (AvgIpc) is 2.82. The molecule has 0 aliphatic rings. The Bertz CT molecular complexity index is 611. The van der Waals surface area contributed by atoms with Gasteiger partial charge in [0.2, 0.25) is 10.1 Å². The molecular formula is C10H7ClF2N4OS. The number of halogens is 3. The molecule has 1 amide bonds. The summed E-state index contributed by atoms with van der Waals surface area (Å²) in [6.45, 7) is 0. The number of amides is 1. The normalized spacial score (nSPS) is 10.3. The van der Waals surface area contributed by atoms with Gasteiger partial charge in [0.25, 0.3) is 5.91 Å². The van der Waals surface area contributed by atoms with Gasteiger partial charge in [-0.25, -0.2) is 8.78 Å². The molecule has 19 heavy (non-hydrogen) atoms. The lowest BCUT2D eigenvalue weighted by atomic mass is 10.3. The van der Waals surface area contributed by atoms with Crippen molar-refractivity contribution in [1.82, 2.24) is 10.2 Å². The highest BCUT2D eigenvalue weighted by molar-refractivity contribution is 7.17. The summed E-state index contributed by atoms with van der Waals surface area (Å²) in [4.78, 5) is 11.8. The molecule has 0 aliphatic carbocycles. The molecule has 0 saturated heterocycles. The van der Waals surface area contributed by atoms with Gasteiger partial charge in [-0.1, -0.05) is 22.9 Å².